The Morgan fingerprint density at radius 1 is 1.67 bits per heavy atom. The lowest BCUT2D eigenvalue weighted by Gasteiger charge is -2.05. The highest BCUT2D eigenvalue weighted by Crippen LogP contribution is 2.18. The van der Waals surface area contributed by atoms with E-state index in [9.17, 15) is 4.39 Å². The molecule has 0 atom stereocenters. The molecule has 0 radical (unpaired) electrons. The Balaban J connectivity index is 2.63. The van der Waals surface area contributed by atoms with E-state index >= 15 is 0 Å². The van der Waals surface area contributed by atoms with Crippen LogP contribution in [0, 0.1) is 0 Å². The summed E-state index contributed by atoms with van der Waals surface area (Å²) in [4.78, 5) is 0. The molecule has 9 heavy (non-hydrogen) atoms. The summed E-state index contributed by atoms with van der Waals surface area (Å²) < 4.78 is 12.4. The Hall–Kier alpha value is -0.240. The van der Waals surface area contributed by atoms with Crippen LogP contribution in [0.15, 0.2) is 23.6 Å². The van der Waals surface area contributed by atoms with Crippen molar-refractivity contribution in [1.82, 2.24) is 0 Å². The number of allylic oxidation sites excluding steroid dienone is 3. The van der Waals surface area contributed by atoms with Crippen LogP contribution < -0.4 is 0 Å². The second-order valence-electron chi connectivity index (χ2n) is 2.09. The Labute approximate surface area is 59.9 Å². The Bertz CT molecular complexity index is 158. The maximum atomic E-state index is 12.4. The van der Waals surface area contributed by atoms with Gasteiger partial charge in [0.15, 0.2) is 0 Å². The summed E-state index contributed by atoms with van der Waals surface area (Å²) in [5.41, 5.74) is 1.10. The minimum absolute atomic E-state index is 0.106. The van der Waals surface area contributed by atoms with Crippen molar-refractivity contribution < 1.29 is 4.39 Å². The van der Waals surface area contributed by atoms with E-state index in [0.29, 0.717) is 5.75 Å². The summed E-state index contributed by atoms with van der Waals surface area (Å²) in [7, 11) is 0. The van der Waals surface area contributed by atoms with Crippen LogP contribution in [0.5, 0.6) is 0 Å². The van der Waals surface area contributed by atoms with Crippen LogP contribution >= 0.6 is 12.6 Å². The summed E-state index contributed by atoms with van der Waals surface area (Å²) in [6.45, 7) is 0. The third-order valence-electron chi connectivity index (χ3n) is 1.35. The van der Waals surface area contributed by atoms with Gasteiger partial charge < -0.3 is 0 Å². The molecule has 0 spiro atoms. The van der Waals surface area contributed by atoms with E-state index in [-0.39, 0.29) is 5.83 Å². The number of rotatable bonds is 1. The lowest BCUT2D eigenvalue weighted by atomic mass is 10.1. The van der Waals surface area contributed by atoms with Gasteiger partial charge in [0.1, 0.15) is 5.83 Å². The second kappa shape index (κ2) is 3.06. The highest BCUT2D eigenvalue weighted by molar-refractivity contribution is 7.80. The van der Waals surface area contributed by atoms with E-state index in [1.807, 2.05) is 0 Å². The number of hydrogen-bond donors (Lipinski definition) is 1. The third-order valence-corrected chi connectivity index (χ3v) is 1.76. The molecule has 0 amide bonds. The van der Waals surface area contributed by atoms with E-state index in [4.69, 9.17) is 0 Å². The molecule has 0 heterocycles. The average Bonchev–Trinajstić information content (AvgIpc) is 1.88. The fourth-order valence-electron chi connectivity index (χ4n) is 0.846. The summed E-state index contributed by atoms with van der Waals surface area (Å²) in [5, 5.41) is 0. The Kier molecular flexibility index (Phi) is 2.34. The van der Waals surface area contributed by atoms with E-state index in [1.54, 1.807) is 12.2 Å². The average molecular weight is 144 g/mol. The molecule has 1 rings (SSSR count). The van der Waals surface area contributed by atoms with Gasteiger partial charge in [-0.1, -0.05) is 5.57 Å². The highest BCUT2D eigenvalue weighted by Gasteiger charge is 2.01. The molecule has 0 saturated heterocycles. The topological polar surface area (TPSA) is 0 Å². The van der Waals surface area contributed by atoms with Crippen LogP contribution in [0.3, 0.4) is 0 Å². The summed E-state index contributed by atoms with van der Waals surface area (Å²) in [6, 6.07) is 0. The van der Waals surface area contributed by atoms with Gasteiger partial charge in [0.25, 0.3) is 0 Å². The van der Waals surface area contributed by atoms with Gasteiger partial charge in [-0.2, -0.15) is 12.6 Å². The molecule has 2 heteroatoms. The van der Waals surface area contributed by atoms with Crippen LogP contribution in [-0.2, 0) is 0 Å². The lowest BCUT2D eigenvalue weighted by Crippen LogP contribution is -1.90. The van der Waals surface area contributed by atoms with E-state index in [2.05, 4.69) is 12.6 Å². The smallest absolute Gasteiger partial charge is 0.119 e. The van der Waals surface area contributed by atoms with E-state index < -0.39 is 0 Å². The number of hydrogen-bond acceptors (Lipinski definition) is 1. The molecule has 0 N–H and O–H groups in total. The monoisotopic (exact) mass is 144 g/mol. The molecular formula is C7H9FS. The van der Waals surface area contributed by atoms with Crippen molar-refractivity contribution in [1.29, 1.82) is 0 Å². The second-order valence-corrected chi connectivity index (χ2v) is 2.40. The first kappa shape index (κ1) is 6.87. The maximum absolute atomic E-state index is 12.4. The molecule has 0 aromatic rings. The van der Waals surface area contributed by atoms with Gasteiger partial charge in [0.05, 0.1) is 0 Å². The molecule has 1 aliphatic carbocycles. The van der Waals surface area contributed by atoms with Crippen molar-refractivity contribution in [2.75, 3.05) is 5.75 Å². The van der Waals surface area contributed by atoms with Crippen molar-refractivity contribution in [2.45, 2.75) is 12.8 Å². The zero-order chi connectivity index (χ0) is 6.69. The van der Waals surface area contributed by atoms with Crippen molar-refractivity contribution in [3.63, 3.8) is 0 Å². The van der Waals surface area contributed by atoms with Gasteiger partial charge in [-0.15, -0.1) is 0 Å². The normalized spacial score (nSPS) is 18.9. The standard InChI is InChI=1S/C7H9FS/c8-7-3-1-2-6(4-7)5-9/h3-4,9H,1-2,5H2. The van der Waals surface area contributed by atoms with Crippen molar-refractivity contribution in [2.24, 2.45) is 0 Å². The summed E-state index contributed by atoms with van der Waals surface area (Å²) in [5.74, 6) is 0.576. The maximum Gasteiger partial charge on any atom is 0.119 e. The zero-order valence-corrected chi connectivity index (χ0v) is 6.00. The highest BCUT2D eigenvalue weighted by atomic mass is 32.1. The van der Waals surface area contributed by atoms with Crippen LogP contribution in [0.2, 0.25) is 0 Å². The molecule has 0 bridgehead atoms. The van der Waals surface area contributed by atoms with Crippen LogP contribution in [0.4, 0.5) is 4.39 Å². The van der Waals surface area contributed by atoms with Crippen molar-refractivity contribution in [3.05, 3.63) is 23.6 Å². The molecule has 0 unspecified atom stereocenters. The SMILES string of the molecule is FC1=CCCC(CS)=C1. The molecular weight excluding hydrogens is 135 g/mol. The molecule has 0 saturated carbocycles. The Morgan fingerprint density at radius 3 is 2.89 bits per heavy atom. The van der Waals surface area contributed by atoms with Crippen molar-refractivity contribution in [3.8, 4) is 0 Å². The van der Waals surface area contributed by atoms with Gasteiger partial charge in [-0.05, 0) is 25.0 Å². The largest absolute Gasteiger partial charge is 0.207 e. The van der Waals surface area contributed by atoms with Gasteiger partial charge in [-0.25, -0.2) is 4.39 Å². The predicted molar refractivity (Wildman–Crippen MR) is 40.4 cm³/mol. The van der Waals surface area contributed by atoms with E-state index in [1.165, 1.54) is 0 Å². The molecule has 50 valence electrons. The quantitative estimate of drug-likeness (QED) is 0.537. The summed E-state index contributed by atoms with van der Waals surface area (Å²) >= 11 is 4.04. The van der Waals surface area contributed by atoms with Gasteiger partial charge in [0, 0.05) is 5.75 Å². The fraction of sp³-hybridized carbons (Fsp3) is 0.429. The zero-order valence-electron chi connectivity index (χ0n) is 5.10. The van der Waals surface area contributed by atoms with Gasteiger partial charge in [-0.3, -0.25) is 0 Å². The predicted octanol–water partition coefficient (Wildman–Crippen LogP) is 2.49. The lowest BCUT2D eigenvalue weighted by molar-refractivity contribution is 0.648. The first-order valence-electron chi connectivity index (χ1n) is 2.99. The van der Waals surface area contributed by atoms with Crippen molar-refractivity contribution >= 4 is 12.6 Å². The first-order valence-corrected chi connectivity index (χ1v) is 3.62. The molecule has 1 aliphatic rings. The molecule has 0 aliphatic heterocycles. The van der Waals surface area contributed by atoms with Gasteiger partial charge >= 0.3 is 0 Å². The molecule has 0 nitrogen and oxygen atoms in total. The third kappa shape index (κ3) is 1.86. The van der Waals surface area contributed by atoms with Crippen LogP contribution in [0.1, 0.15) is 12.8 Å². The Morgan fingerprint density at radius 2 is 2.44 bits per heavy atom. The number of thiol groups is 1. The minimum Gasteiger partial charge on any atom is -0.207 e. The fourth-order valence-corrected chi connectivity index (χ4v) is 1.10. The first-order chi connectivity index (χ1) is 4.33. The van der Waals surface area contributed by atoms with Crippen LogP contribution in [-0.4, -0.2) is 5.75 Å². The van der Waals surface area contributed by atoms with Gasteiger partial charge in [0.2, 0.25) is 0 Å². The minimum atomic E-state index is -0.106. The molecule has 0 fully saturated rings. The molecule has 0 aromatic carbocycles. The van der Waals surface area contributed by atoms with Crippen LogP contribution in [0.25, 0.3) is 0 Å². The van der Waals surface area contributed by atoms with E-state index in [0.717, 1.165) is 18.4 Å². The molecule has 0 aromatic heterocycles. The number of halogens is 1. The summed E-state index contributed by atoms with van der Waals surface area (Å²) in [6.07, 6.45) is 4.97.